The van der Waals surface area contributed by atoms with Gasteiger partial charge in [-0.2, -0.15) is 0 Å². The van der Waals surface area contributed by atoms with E-state index in [2.05, 4.69) is 15.2 Å². The number of rotatable bonds is 5. The molecule has 2 heterocycles. The van der Waals surface area contributed by atoms with Crippen molar-refractivity contribution in [3.05, 3.63) is 11.6 Å². The van der Waals surface area contributed by atoms with E-state index in [0.717, 1.165) is 31.5 Å². The summed E-state index contributed by atoms with van der Waals surface area (Å²) in [6, 6.07) is 0. The lowest BCUT2D eigenvalue weighted by Gasteiger charge is -2.30. The maximum atomic E-state index is 12.2. The van der Waals surface area contributed by atoms with Crippen LogP contribution in [0, 0.1) is 5.92 Å². The number of hydrogen-bond acceptors (Lipinski definition) is 4. The Morgan fingerprint density at radius 3 is 2.70 bits per heavy atom. The summed E-state index contributed by atoms with van der Waals surface area (Å²) in [5, 5.41) is 6.77. The number of aromatic nitrogens is 3. The highest BCUT2D eigenvalue weighted by Crippen LogP contribution is 2.21. The van der Waals surface area contributed by atoms with Crippen LogP contribution in [0.15, 0.2) is 0 Å². The van der Waals surface area contributed by atoms with Crippen molar-refractivity contribution >= 4 is 11.8 Å². The number of primary amides is 1. The zero-order valence-corrected chi connectivity index (χ0v) is 11.8. The number of aromatic amines is 1. The lowest BCUT2D eigenvalue weighted by molar-refractivity contribution is -0.119. The monoisotopic (exact) mass is 279 g/mol. The molecule has 20 heavy (non-hydrogen) atoms. The Morgan fingerprint density at radius 1 is 1.40 bits per heavy atom. The fourth-order valence-corrected chi connectivity index (χ4v) is 2.51. The third-order valence-electron chi connectivity index (χ3n) is 3.60. The summed E-state index contributed by atoms with van der Waals surface area (Å²) < 4.78 is 0. The van der Waals surface area contributed by atoms with Crippen LogP contribution in [0.4, 0.5) is 0 Å². The number of carbonyl (C=O) groups excluding carboxylic acids is 2. The Bertz CT molecular complexity index is 477. The predicted molar refractivity (Wildman–Crippen MR) is 72.8 cm³/mol. The number of nitrogens with zero attached hydrogens (tertiary/aromatic N) is 3. The first-order valence-corrected chi connectivity index (χ1v) is 7.09. The fraction of sp³-hybridized carbons (Fsp3) is 0.692. The van der Waals surface area contributed by atoms with Gasteiger partial charge in [0, 0.05) is 25.9 Å². The molecule has 1 aromatic heterocycles. The molecule has 0 aromatic carbocycles. The molecule has 7 nitrogen and oxygen atoms in total. The number of piperidine rings is 1. The molecule has 1 aromatic rings. The number of carbonyl (C=O) groups is 2. The van der Waals surface area contributed by atoms with Gasteiger partial charge in [-0.05, 0) is 25.2 Å². The molecule has 0 radical (unpaired) electrons. The third kappa shape index (κ3) is 3.55. The maximum absolute atomic E-state index is 12.2. The van der Waals surface area contributed by atoms with E-state index in [1.807, 2.05) is 6.92 Å². The number of nitrogens with one attached hydrogen (secondary N) is 1. The predicted octanol–water partition coefficient (Wildman–Crippen LogP) is 0.485. The Balaban J connectivity index is 1.89. The van der Waals surface area contributed by atoms with Gasteiger partial charge in [-0.25, -0.2) is 4.98 Å². The first-order chi connectivity index (χ1) is 9.60. The number of nitrogens with two attached hydrogens (primary N) is 1. The van der Waals surface area contributed by atoms with E-state index in [0.29, 0.717) is 25.4 Å². The molecular formula is C13H21N5O2. The lowest BCUT2D eigenvalue weighted by atomic mass is 9.93. The molecule has 2 amide bonds. The van der Waals surface area contributed by atoms with Gasteiger partial charge in [-0.3, -0.25) is 14.7 Å². The summed E-state index contributed by atoms with van der Waals surface area (Å²) in [6.07, 6.45) is 3.77. The second-order valence-electron chi connectivity index (χ2n) is 5.26. The van der Waals surface area contributed by atoms with Gasteiger partial charge < -0.3 is 10.6 Å². The quantitative estimate of drug-likeness (QED) is 0.818. The number of amides is 2. The van der Waals surface area contributed by atoms with Crippen LogP contribution < -0.4 is 5.73 Å². The number of aryl methyl sites for hydroxylation is 1. The van der Waals surface area contributed by atoms with E-state index < -0.39 is 0 Å². The van der Waals surface area contributed by atoms with Crippen LogP contribution in [0.3, 0.4) is 0 Å². The number of likely N-dealkylation sites (tertiary alicyclic amines) is 1. The van der Waals surface area contributed by atoms with Crippen LogP contribution in [0.2, 0.25) is 0 Å². The first kappa shape index (κ1) is 14.5. The van der Waals surface area contributed by atoms with E-state index in [1.54, 1.807) is 4.90 Å². The van der Waals surface area contributed by atoms with Gasteiger partial charge in [0.25, 0.3) is 5.91 Å². The highest BCUT2D eigenvalue weighted by atomic mass is 16.2. The molecule has 1 saturated heterocycles. The van der Waals surface area contributed by atoms with Crippen LogP contribution in [-0.4, -0.2) is 45.0 Å². The number of H-pyrrole nitrogens is 1. The minimum Gasteiger partial charge on any atom is -0.370 e. The van der Waals surface area contributed by atoms with Crippen molar-refractivity contribution in [1.82, 2.24) is 20.1 Å². The summed E-state index contributed by atoms with van der Waals surface area (Å²) >= 11 is 0. The maximum Gasteiger partial charge on any atom is 0.293 e. The van der Waals surface area contributed by atoms with Gasteiger partial charge >= 0.3 is 0 Å². The van der Waals surface area contributed by atoms with Gasteiger partial charge in [0.05, 0.1) is 0 Å². The topological polar surface area (TPSA) is 105 Å². The summed E-state index contributed by atoms with van der Waals surface area (Å²) in [4.78, 5) is 29.1. The molecule has 0 bridgehead atoms. The second-order valence-corrected chi connectivity index (χ2v) is 5.26. The molecule has 0 spiro atoms. The zero-order valence-electron chi connectivity index (χ0n) is 11.8. The first-order valence-electron chi connectivity index (χ1n) is 7.09. The van der Waals surface area contributed by atoms with E-state index in [9.17, 15) is 9.59 Å². The van der Waals surface area contributed by atoms with Crippen molar-refractivity contribution in [2.75, 3.05) is 13.1 Å². The average Bonchev–Trinajstić information content (AvgIpc) is 2.87. The van der Waals surface area contributed by atoms with Crippen molar-refractivity contribution in [2.45, 2.75) is 39.0 Å². The highest BCUT2D eigenvalue weighted by molar-refractivity contribution is 5.90. The highest BCUT2D eigenvalue weighted by Gasteiger charge is 2.26. The van der Waals surface area contributed by atoms with Crippen LogP contribution >= 0.6 is 0 Å². The summed E-state index contributed by atoms with van der Waals surface area (Å²) in [5.41, 5.74) is 5.20. The molecule has 3 N–H and O–H groups in total. The Kier molecular flexibility index (Phi) is 4.70. The van der Waals surface area contributed by atoms with E-state index >= 15 is 0 Å². The summed E-state index contributed by atoms with van der Waals surface area (Å²) in [6.45, 7) is 3.32. The van der Waals surface area contributed by atoms with Gasteiger partial charge in [0.15, 0.2) is 0 Å². The van der Waals surface area contributed by atoms with Gasteiger partial charge in [0.2, 0.25) is 11.7 Å². The Hall–Kier alpha value is -1.92. The zero-order chi connectivity index (χ0) is 14.5. The van der Waals surface area contributed by atoms with Crippen LogP contribution in [0.25, 0.3) is 0 Å². The standard InChI is InChI=1S/C13H21N5O2/c1-2-3-11-15-12(17-16-11)13(20)18-6-4-9(5-7-18)8-10(14)19/h9H,2-8H2,1H3,(H2,14,19)(H,15,16,17). The van der Waals surface area contributed by atoms with Gasteiger partial charge in [0.1, 0.15) is 5.82 Å². The second kappa shape index (κ2) is 6.49. The largest absolute Gasteiger partial charge is 0.370 e. The van der Waals surface area contributed by atoms with E-state index in [4.69, 9.17) is 5.73 Å². The Labute approximate surface area is 117 Å². The molecule has 0 atom stereocenters. The molecule has 1 aliphatic rings. The minimum absolute atomic E-state index is 0.138. The van der Waals surface area contributed by atoms with Gasteiger partial charge in [-0.1, -0.05) is 6.92 Å². The van der Waals surface area contributed by atoms with Gasteiger partial charge in [-0.15, -0.1) is 5.10 Å². The molecule has 0 aliphatic carbocycles. The molecule has 0 saturated carbocycles. The summed E-state index contributed by atoms with van der Waals surface area (Å²) in [7, 11) is 0. The van der Waals surface area contributed by atoms with Crippen molar-refractivity contribution in [3.63, 3.8) is 0 Å². The molecule has 1 fully saturated rings. The SMILES string of the molecule is CCCc1nc(C(=O)N2CCC(CC(N)=O)CC2)n[nH]1. The number of hydrogen-bond donors (Lipinski definition) is 2. The minimum atomic E-state index is -0.270. The van der Waals surface area contributed by atoms with Crippen molar-refractivity contribution in [2.24, 2.45) is 11.7 Å². The van der Waals surface area contributed by atoms with Crippen molar-refractivity contribution in [1.29, 1.82) is 0 Å². The lowest BCUT2D eigenvalue weighted by Crippen LogP contribution is -2.39. The molecule has 2 rings (SSSR count). The van der Waals surface area contributed by atoms with Crippen LogP contribution in [0.1, 0.15) is 49.1 Å². The van der Waals surface area contributed by atoms with Crippen molar-refractivity contribution < 1.29 is 9.59 Å². The normalized spacial score (nSPS) is 16.4. The molecule has 110 valence electrons. The fourth-order valence-electron chi connectivity index (χ4n) is 2.51. The molecular weight excluding hydrogens is 258 g/mol. The van der Waals surface area contributed by atoms with Crippen LogP contribution in [0.5, 0.6) is 0 Å². The molecule has 0 unspecified atom stereocenters. The van der Waals surface area contributed by atoms with Crippen molar-refractivity contribution in [3.8, 4) is 0 Å². The Morgan fingerprint density at radius 2 is 2.10 bits per heavy atom. The molecule has 1 aliphatic heterocycles. The average molecular weight is 279 g/mol. The third-order valence-corrected chi connectivity index (χ3v) is 3.60. The molecule has 7 heteroatoms. The smallest absolute Gasteiger partial charge is 0.293 e. The van der Waals surface area contributed by atoms with E-state index in [1.165, 1.54) is 0 Å². The van der Waals surface area contributed by atoms with E-state index in [-0.39, 0.29) is 17.6 Å². The van der Waals surface area contributed by atoms with Crippen LogP contribution in [-0.2, 0) is 11.2 Å². The summed E-state index contributed by atoms with van der Waals surface area (Å²) in [5.74, 6) is 0.870.